The third kappa shape index (κ3) is 0.680. The molecule has 0 amide bonds. The van der Waals surface area contributed by atoms with Crippen LogP contribution in [-0.2, 0) is 0 Å². The Labute approximate surface area is 66.9 Å². The van der Waals surface area contributed by atoms with Crippen molar-refractivity contribution in [2.24, 2.45) is 0 Å². The summed E-state index contributed by atoms with van der Waals surface area (Å²) in [4.78, 5) is 0. The van der Waals surface area contributed by atoms with Crippen LogP contribution in [0.25, 0.3) is 0 Å². The molecular formula is C8H9IO2. The molecule has 1 heterocycles. The summed E-state index contributed by atoms with van der Waals surface area (Å²) in [5.41, 5.74) is 0. The zero-order valence-corrected chi connectivity index (χ0v) is 8.02. The second-order valence-corrected chi connectivity index (χ2v) is 11.0. The Hall–Kier alpha value is -0.390. The van der Waals surface area contributed by atoms with Gasteiger partial charge in [0.15, 0.2) is 0 Å². The minimum absolute atomic E-state index is 0.716. The van der Waals surface area contributed by atoms with E-state index in [2.05, 4.69) is 6.58 Å². The van der Waals surface area contributed by atoms with Crippen LogP contribution >= 0.6 is 17.9 Å². The quantitative estimate of drug-likeness (QED) is 0.756. The van der Waals surface area contributed by atoms with Crippen LogP contribution in [0.4, 0.5) is 0 Å². The van der Waals surface area contributed by atoms with Gasteiger partial charge in [0, 0.05) is 0 Å². The molecule has 0 atom stereocenters. The van der Waals surface area contributed by atoms with Crippen LogP contribution < -0.4 is 0 Å². The summed E-state index contributed by atoms with van der Waals surface area (Å²) in [6.45, 7) is 3.46. The van der Waals surface area contributed by atoms with Crippen LogP contribution in [0, 0.1) is 7.14 Å². The fraction of sp³-hybridized carbons (Fsp3) is 0. The Morgan fingerprint density at radius 1 is 1.18 bits per heavy atom. The monoisotopic (exact) mass is 264 g/mol. The van der Waals surface area contributed by atoms with E-state index >= 15 is 0 Å². The number of fused-ring (bicyclic) bond motifs is 1. The fourth-order valence-corrected chi connectivity index (χ4v) is 8.02. The van der Waals surface area contributed by atoms with Crippen molar-refractivity contribution in [3.05, 3.63) is 42.1 Å². The van der Waals surface area contributed by atoms with E-state index < -0.39 is 17.9 Å². The molecule has 2 nitrogen and oxygen atoms in total. The van der Waals surface area contributed by atoms with Crippen molar-refractivity contribution < 1.29 is 6.87 Å². The van der Waals surface area contributed by atoms with Gasteiger partial charge in [0.2, 0.25) is 0 Å². The zero-order valence-electron chi connectivity index (χ0n) is 5.87. The Morgan fingerprint density at radius 3 is 2.00 bits per heavy atom. The van der Waals surface area contributed by atoms with Gasteiger partial charge in [-0.15, -0.1) is 0 Å². The van der Waals surface area contributed by atoms with E-state index in [1.807, 2.05) is 12.1 Å². The van der Waals surface area contributed by atoms with E-state index in [-0.39, 0.29) is 0 Å². The van der Waals surface area contributed by atoms with Crippen molar-refractivity contribution in [3.8, 4) is 0 Å². The minimum atomic E-state index is -4.21. The number of hydrogen-bond acceptors (Lipinski definition) is 2. The first-order valence-corrected chi connectivity index (χ1v) is 8.50. The Bertz CT molecular complexity index is 317. The summed E-state index contributed by atoms with van der Waals surface area (Å²) in [6.07, 6.45) is 0. The normalized spacial score (nSPS) is 25.8. The predicted molar refractivity (Wildman–Crippen MR) is 52.5 cm³/mol. The molecular weight excluding hydrogens is 255 g/mol. The predicted octanol–water partition coefficient (Wildman–Crippen LogP) is 1.58. The van der Waals surface area contributed by atoms with Crippen LogP contribution in [0.2, 0.25) is 0 Å². The van der Waals surface area contributed by atoms with Crippen molar-refractivity contribution in [1.29, 1.82) is 0 Å². The van der Waals surface area contributed by atoms with E-state index in [1.165, 1.54) is 4.08 Å². The molecule has 0 radical (unpaired) electrons. The van der Waals surface area contributed by atoms with E-state index in [1.54, 1.807) is 12.1 Å². The second kappa shape index (κ2) is 1.68. The van der Waals surface area contributed by atoms with Gasteiger partial charge in [-0.2, -0.15) is 0 Å². The molecule has 0 spiro atoms. The van der Waals surface area contributed by atoms with Crippen molar-refractivity contribution in [2.45, 2.75) is 0 Å². The molecule has 0 bridgehead atoms. The molecule has 1 aliphatic heterocycles. The van der Waals surface area contributed by atoms with Crippen LogP contribution in [-0.4, -0.2) is 6.87 Å². The number of rotatable bonds is 1. The molecule has 3 heteroatoms. The number of benzene rings is 1. The molecule has 2 N–H and O–H groups in total. The van der Waals surface area contributed by atoms with Gasteiger partial charge >= 0.3 is 66.8 Å². The summed E-state index contributed by atoms with van der Waals surface area (Å²) >= 11 is -4.21. The van der Waals surface area contributed by atoms with Crippen molar-refractivity contribution in [3.63, 3.8) is 0 Å². The van der Waals surface area contributed by atoms with Gasteiger partial charge in [-0.1, -0.05) is 0 Å². The zero-order chi connectivity index (χ0) is 8.14. The summed E-state index contributed by atoms with van der Waals surface area (Å²) in [6, 6.07) is 7.13. The van der Waals surface area contributed by atoms with E-state index in [9.17, 15) is 6.87 Å². The number of hydrogen-bond donors (Lipinski definition) is 2. The Morgan fingerprint density at radius 2 is 1.64 bits per heavy atom. The van der Waals surface area contributed by atoms with Crippen LogP contribution in [0.1, 0.15) is 0 Å². The van der Waals surface area contributed by atoms with Gasteiger partial charge in [0.05, 0.1) is 0 Å². The molecule has 60 valence electrons. The molecule has 0 fully saturated rings. The molecule has 1 aliphatic rings. The van der Waals surface area contributed by atoms with Crippen molar-refractivity contribution in [2.75, 3.05) is 0 Å². The maximum absolute atomic E-state index is 9.81. The molecule has 0 aromatic heterocycles. The van der Waals surface area contributed by atoms with Crippen molar-refractivity contribution in [1.82, 2.24) is 0 Å². The fourth-order valence-electron chi connectivity index (χ4n) is 1.15. The molecule has 1 aromatic carbocycles. The SMILES string of the molecule is C=CI1(O)(O)c2ccccc21. The van der Waals surface area contributed by atoms with Gasteiger partial charge in [-0.3, -0.25) is 0 Å². The van der Waals surface area contributed by atoms with Gasteiger partial charge < -0.3 is 0 Å². The first kappa shape index (κ1) is 7.27. The van der Waals surface area contributed by atoms with E-state index in [4.69, 9.17) is 0 Å². The first-order chi connectivity index (χ1) is 5.08. The van der Waals surface area contributed by atoms with Gasteiger partial charge in [0.25, 0.3) is 0 Å². The van der Waals surface area contributed by atoms with E-state index in [0.29, 0.717) is 7.14 Å². The maximum atomic E-state index is 9.81. The van der Waals surface area contributed by atoms with Crippen LogP contribution in [0.15, 0.2) is 34.9 Å². The third-order valence-corrected chi connectivity index (χ3v) is 9.48. The topological polar surface area (TPSA) is 40.5 Å². The molecule has 11 heavy (non-hydrogen) atoms. The molecule has 0 saturated carbocycles. The van der Waals surface area contributed by atoms with Gasteiger partial charge in [-0.25, -0.2) is 0 Å². The average molecular weight is 264 g/mol. The molecule has 0 unspecified atom stereocenters. The molecule has 0 aliphatic carbocycles. The molecule has 2 rings (SSSR count). The van der Waals surface area contributed by atoms with Gasteiger partial charge in [0.1, 0.15) is 0 Å². The van der Waals surface area contributed by atoms with Crippen molar-refractivity contribution >= 4 is 17.9 Å². The standard InChI is InChI=1S/C8H9IO2/c1-2-9(10,11)7-5-3-4-6-8(7)9/h2-6,10-11H,1H2. The summed E-state index contributed by atoms with van der Waals surface area (Å²) in [7, 11) is 0. The van der Waals surface area contributed by atoms with Gasteiger partial charge in [-0.05, 0) is 0 Å². The summed E-state index contributed by atoms with van der Waals surface area (Å²) in [5.74, 6) is 0. The van der Waals surface area contributed by atoms with Crippen LogP contribution in [0.3, 0.4) is 0 Å². The average Bonchev–Trinajstić information content (AvgIpc) is 2.55. The first-order valence-electron chi connectivity index (χ1n) is 3.17. The molecule has 1 aromatic rings. The number of halogens is 1. The second-order valence-electron chi connectivity index (χ2n) is 2.49. The Kier molecular flexibility index (Phi) is 1.11. The summed E-state index contributed by atoms with van der Waals surface area (Å²) < 4.78 is 22.4. The Balaban J connectivity index is 2.66. The van der Waals surface area contributed by atoms with Crippen LogP contribution in [0.5, 0.6) is 0 Å². The summed E-state index contributed by atoms with van der Waals surface area (Å²) in [5, 5.41) is 0. The molecule has 0 saturated heterocycles. The van der Waals surface area contributed by atoms with E-state index in [0.717, 1.165) is 0 Å². The third-order valence-electron chi connectivity index (χ3n) is 1.88.